The lowest BCUT2D eigenvalue weighted by atomic mass is 9.85. The largest absolute Gasteiger partial charge is 0.492 e. The van der Waals surface area contributed by atoms with Crippen LogP contribution < -0.4 is 4.74 Å². The van der Waals surface area contributed by atoms with Crippen LogP contribution >= 0.6 is 0 Å². The number of rotatable bonds is 10. The van der Waals surface area contributed by atoms with Crippen LogP contribution in [0.2, 0.25) is 0 Å². The molecule has 4 heteroatoms. The summed E-state index contributed by atoms with van der Waals surface area (Å²) in [6.07, 6.45) is 4.18. The van der Waals surface area contributed by atoms with Crippen LogP contribution in [0.5, 0.6) is 5.75 Å². The number of nitrogens with zero attached hydrogens (tertiary/aromatic N) is 2. The van der Waals surface area contributed by atoms with E-state index in [9.17, 15) is 0 Å². The average molecular weight is 395 g/mol. The highest BCUT2D eigenvalue weighted by molar-refractivity contribution is 5.27. The van der Waals surface area contributed by atoms with E-state index in [1.54, 1.807) is 0 Å². The van der Waals surface area contributed by atoms with Gasteiger partial charge in [0.25, 0.3) is 0 Å². The van der Waals surface area contributed by atoms with Gasteiger partial charge in [0.15, 0.2) is 0 Å². The van der Waals surface area contributed by atoms with E-state index >= 15 is 0 Å². The van der Waals surface area contributed by atoms with Crippen LogP contribution in [-0.2, 0) is 17.8 Å². The van der Waals surface area contributed by atoms with Gasteiger partial charge in [0.1, 0.15) is 12.4 Å². The van der Waals surface area contributed by atoms with Crippen molar-refractivity contribution in [2.24, 2.45) is 5.92 Å². The lowest BCUT2D eigenvalue weighted by Crippen LogP contribution is -2.38. The smallest absolute Gasteiger partial charge is 0.119 e. The van der Waals surface area contributed by atoms with Crippen LogP contribution in [-0.4, -0.2) is 55.8 Å². The minimum atomic E-state index is 0.737. The first-order valence-electron chi connectivity index (χ1n) is 11.1. The molecule has 0 radical (unpaired) electrons. The molecule has 0 N–H and O–H groups in total. The van der Waals surface area contributed by atoms with E-state index in [2.05, 4.69) is 64.4 Å². The predicted octanol–water partition coefficient (Wildman–Crippen LogP) is 4.20. The Bertz CT molecular complexity index is 709. The third-order valence-electron chi connectivity index (χ3n) is 6.10. The standard InChI is InChI=1S/C25H34N2O2/c1-2-5-22(6-3-1)19-27(20-23-7-4-8-23)21-24-9-11-25(12-10-24)29-18-15-26-13-16-28-17-14-26/h1-3,5-6,9-12,23H,4,7-8,13-21H2. The monoisotopic (exact) mass is 394 g/mol. The van der Waals surface area contributed by atoms with E-state index in [1.165, 1.54) is 36.9 Å². The Morgan fingerprint density at radius 3 is 2.24 bits per heavy atom. The van der Waals surface area contributed by atoms with Gasteiger partial charge >= 0.3 is 0 Å². The molecule has 0 amide bonds. The van der Waals surface area contributed by atoms with Crippen LogP contribution in [0.1, 0.15) is 30.4 Å². The number of morpholine rings is 1. The minimum Gasteiger partial charge on any atom is -0.492 e. The molecule has 2 aliphatic rings. The maximum absolute atomic E-state index is 5.96. The number of ether oxygens (including phenoxy) is 2. The first kappa shape index (κ1) is 20.4. The molecule has 0 aromatic heterocycles. The summed E-state index contributed by atoms with van der Waals surface area (Å²) in [5.74, 6) is 1.84. The molecule has 1 saturated heterocycles. The number of hydrogen-bond donors (Lipinski definition) is 0. The Hall–Kier alpha value is -1.88. The van der Waals surface area contributed by atoms with Gasteiger partial charge in [-0.3, -0.25) is 9.80 Å². The maximum atomic E-state index is 5.96. The molecule has 29 heavy (non-hydrogen) atoms. The molecule has 0 unspecified atom stereocenters. The SMILES string of the molecule is c1ccc(CN(Cc2ccc(OCCN3CCOCC3)cc2)CC2CCC2)cc1. The highest BCUT2D eigenvalue weighted by atomic mass is 16.5. The van der Waals surface area contributed by atoms with Crippen molar-refractivity contribution in [2.75, 3.05) is 46.0 Å². The molecule has 1 aliphatic carbocycles. The molecule has 0 spiro atoms. The highest BCUT2D eigenvalue weighted by Crippen LogP contribution is 2.28. The summed E-state index contributed by atoms with van der Waals surface area (Å²) in [5, 5.41) is 0. The topological polar surface area (TPSA) is 24.9 Å². The third-order valence-corrected chi connectivity index (χ3v) is 6.10. The van der Waals surface area contributed by atoms with E-state index in [1.807, 2.05) is 0 Å². The zero-order valence-electron chi connectivity index (χ0n) is 17.5. The van der Waals surface area contributed by atoms with Crippen molar-refractivity contribution < 1.29 is 9.47 Å². The Balaban J connectivity index is 1.27. The number of benzene rings is 2. The first-order valence-corrected chi connectivity index (χ1v) is 11.1. The second-order valence-electron chi connectivity index (χ2n) is 8.40. The van der Waals surface area contributed by atoms with Crippen molar-refractivity contribution >= 4 is 0 Å². The number of hydrogen-bond acceptors (Lipinski definition) is 4. The van der Waals surface area contributed by atoms with Gasteiger partial charge in [-0.2, -0.15) is 0 Å². The summed E-state index contributed by atoms with van der Waals surface area (Å²) in [6, 6.07) is 19.5. The second-order valence-corrected chi connectivity index (χ2v) is 8.40. The Morgan fingerprint density at radius 1 is 0.897 bits per heavy atom. The van der Waals surface area contributed by atoms with E-state index in [0.29, 0.717) is 0 Å². The Labute approximate surface area is 175 Å². The lowest BCUT2D eigenvalue weighted by Gasteiger charge is -2.32. The van der Waals surface area contributed by atoms with Gasteiger partial charge in [-0.25, -0.2) is 0 Å². The van der Waals surface area contributed by atoms with Gasteiger partial charge in [0, 0.05) is 39.3 Å². The summed E-state index contributed by atoms with van der Waals surface area (Å²) >= 11 is 0. The zero-order chi connectivity index (χ0) is 19.7. The van der Waals surface area contributed by atoms with Crippen LogP contribution in [0.25, 0.3) is 0 Å². The summed E-state index contributed by atoms with van der Waals surface area (Å²) < 4.78 is 11.4. The molecule has 0 atom stereocenters. The molecule has 2 aromatic carbocycles. The maximum Gasteiger partial charge on any atom is 0.119 e. The third kappa shape index (κ3) is 6.56. The van der Waals surface area contributed by atoms with E-state index in [0.717, 1.165) is 64.2 Å². The molecule has 2 aromatic rings. The first-order chi connectivity index (χ1) is 14.3. The normalized spacial score (nSPS) is 18.0. The quantitative estimate of drug-likeness (QED) is 0.603. The van der Waals surface area contributed by atoms with Gasteiger partial charge < -0.3 is 9.47 Å². The van der Waals surface area contributed by atoms with Gasteiger partial charge in [-0.1, -0.05) is 48.9 Å². The summed E-state index contributed by atoms with van der Waals surface area (Å²) in [5.41, 5.74) is 2.76. The molecule has 1 heterocycles. The summed E-state index contributed by atoms with van der Waals surface area (Å²) in [6.45, 7) is 8.64. The molecular weight excluding hydrogens is 360 g/mol. The Morgan fingerprint density at radius 2 is 1.59 bits per heavy atom. The van der Waals surface area contributed by atoms with E-state index in [-0.39, 0.29) is 0 Å². The predicted molar refractivity (Wildman–Crippen MR) is 117 cm³/mol. The van der Waals surface area contributed by atoms with E-state index in [4.69, 9.17) is 9.47 Å². The van der Waals surface area contributed by atoms with Crippen molar-refractivity contribution in [1.29, 1.82) is 0 Å². The summed E-state index contributed by atoms with van der Waals surface area (Å²) in [4.78, 5) is 5.01. The lowest BCUT2D eigenvalue weighted by molar-refractivity contribution is 0.0322. The second kappa shape index (κ2) is 10.8. The fourth-order valence-electron chi connectivity index (χ4n) is 4.13. The van der Waals surface area contributed by atoms with Crippen LogP contribution in [0.15, 0.2) is 54.6 Å². The van der Waals surface area contributed by atoms with E-state index < -0.39 is 0 Å². The van der Waals surface area contributed by atoms with Crippen LogP contribution in [0, 0.1) is 5.92 Å². The van der Waals surface area contributed by atoms with Gasteiger partial charge in [0.05, 0.1) is 13.2 Å². The Kier molecular flexibility index (Phi) is 7.57. The minimum absolute atomic E-state index is 0.737. The molecule has 4 nitrogen and oxygen atoms in total. The molecule has 1 saturated carbocycles. The van der Waals surface area contributed by atoms with Crippen molar-refractivity contribution in [2.45, 2.75) is 32.4 Å². The van der Waals surface area contributed by atoms with Crippen molar-refractivity contribution in [1.82, 2.24) is 9.80 Å². The fourth-order valence-corrected chi connectivity index (χ4v) is 4.13. The molecule has 2 fully saturated rings. The molecular formula is C25H34N2O2. The van der Waals surface area contributed by atoms with Gasteiger partial charge in [-0.05, 0) is 42.0 Å². The van der Waals surface area contributed by atoms with Crippen molar-refractivity contribution in [3.63, 3.8) is 0 Å². The van der Waals surface area contributed by atoms with Crippen LogP contribution in [0.4, 0.5) is 0 Å². The zero-order valence-corrected chi connectivity index (χ0v) is 17.5. The summed E-state index contributed by atoms with van der Waals surface area (Å²) in [7, 11) is 0. The fraction of sp³-hybridized carbons (Fsp3) is 0.520. The van der Waals surface area contributed by atoms with Crippen LogP contribution in [0.3, 0.4) is 0 Å². The highest BCUT2D eigenvalue weighted by Gasteiger charge is 2.21. The molecule has 156 valence electrons. The molecule has 4 rings (SSSR count). The van der Waals surface area contributed by atoms with Gasteiger partial charge in [0.2, 0.25) is 0 Å². The van der Waals surface area contributed by atoms with Gasteiger partial charge in [-0.15, -0.1) is 0 Å². The molecule has 1 aliphatic heterocycles. The van der Waals surface area contributed by atoms with Crippen molar-refractivity contribution in [3.05, 3.63) is 65.7 Å². The molecule has 0 bridgehead atoms. The van der Waals surface area contributed by atoms with Crippen molar-refractivity contribution in [3.8, 4) is 5.75 Å². The average Bonchev–Trinajstić information content (AvgIpc) is 2.73.